The van der Waals surface area contributed by atoms with Crippen molar-refractivity contribution in [2.45, 2.75) is 12.6 Å². The zero-order valence-corrected chi connectivity index (χ0v) is 8.95. The lowest BCUT2D eigenvalue weighted by Gasteiger charge is -2.10. The molecule has 0 spiro atoms. The van der Waals surface area contributed by atoms with Crippen LogP contribution in [0.2, 0.25) is 0 Å². The highest BCUT2D eigenvalue weighted by atomic mass is 16.6. The van der Waals surface area contributed by atoms with Crippen molar-refractivity contribution in [1.29, 1.82) is 0 Å². The molecule has 0 aliphatic rings. The number of hydrogen-bond acceptors (Lipinski definition) is 6. The minimum atomic E-state index is -1.07. The molecular formula is C8H11N3O6. The largest absolute Gasteiger partial charge is 0.389 e. The molecule has 1 unspecified atom stereocenters. The summed E-state index contributed by atoms with van der Waals surface area (Å²) in [5.74, 6) is 0. The molecular weight excluding hydrogens is 234 g/mol. The Bertz CT molecular complexity index is 519. The van der Waals surface area contributed by atoms with Crippen LogP contribution in [0.25, 0.3) is 0 Å². The summed E-state index contributed by atoms with van der Waals surface area (Å²) in [6.45, 7) is -0.232. The van der Waals surface area contributed by atoms with Gasteiger partial charge in [-0.2, -0.15) is 0 Å². The fourth-order valence-corrected chi connectivity index (χ4v) is 1.24. The maximum Gasteiger partial charge on any atom is 0.350 e. The molecule has 0 aliphatic heterocycles. The topological polar surface area (TPSA) is 127 Å². The molecule has 0 saturated carbocycles. The summed E-state index contributed by atoms with van der Waals surface area (Å²) in [5, 5.41) is 19.9. The Morgan fingerprint density at radius 3 is 2.82 bits per heavy atom. The van der Waals surface area contributed by atoms with Gasteiger partial charge in [0.15, 0.2) is 0 Å². The Morgan fingerprint density at radius 2 is 2.29 bits per heavy atom. The van der Waals surface area contributed by atoms with E-state index in [1.165, 1.54) is 7.11 Å². The second kappa shape index (κ2) is 5.37. The van der Waals surface area contributed by atoms with Gasteiger partial charge in [0.25, 0.3) is 0 Å². The summed E-state index contributed by atoms with van der Waals surface area (Å²) < 4.78 is 5.50. The lowest BCUT2D eigenvalue weighted by molar-refractivity contribution is -0.386. The highest BCUT2D eigenvalue weighted by Crippen LogP contribution is 1.99. The van der Waals surface area contributed by atoms with Crippen LogP contribution < -0.4 is 11.2 Å². The molecule has 94 valence electrons. The number of aliphatic hydroxyl groups is 1. The van der Waals surface area contributed by atoms with E-state index in [0.29, 0.717) is 0 Å². The average molecular weight is 245 g/mol. The lowest BCUT2D eigenvalue weighted by atomic mass is 10.3. The van der Waals surface area contributed by atoms with Crippen molar-refractivity contribution in [2.75, 3.05) is 13.7 Å². The smallest absolute Gasteiger partial charge is 0.350 e. The van der Waals surface area contributed by atoms with E-state index in [0.717, 1.165) is 10.8 Å². The molecule has 1 aromatic rings. The van der Waals surface area contributed by atoms with Crippen LogP contribution in [0, 0.1) is 10.1 Å². The van der Waals surface area contributed by atoms with E-state index in [1.54, 1.807) is 4.98 Å². The van der Waals surface area contributed by atoms with E-state index in [9.17, 15) is 24.8 Å². The van der Waals surface area contributed by atoms with E-state index in [4.69, 9.17) is 0 Å². The highest BCUT2D eigenvalue weighted by molar-refractivity contribution is 5.20. The van der Waals surface area contributed by atoms with Crippen LogP contribution in [-0.4, -0.2) is 39.4 Å². The molecule has 0 saturated heterocycles. The quantitative estimate of drug-likeness (QED) is 0.477. The minimum Gasteiger partial charge on any atom is -0.389 e. The van der Waals surface area contributed by atoms with Gasteiger partial charge >= 0.3 is 16.9 Å². The van der Waals surface area contributed by atoms with Gasteiger partial charge < -0.3 is 9.84 Å². The average Bonchev–Trinajstić information content (AvgIpc) is 2.21. The van der Waals surface area contributed by atoms with Gasteiger partial charge in [-0.25, -0.2) is 4.79 Å². The number of nitrogens with one attached hydrogen (secondary N) is 1. The van der Waals surface area contributed by atoms with Crippen LogP contribution >= 0.6 is 0 Å². The Balaban J connectivity index is 3.08. The van der Waals surface area contributed by atoms with E-state index >= 15 is 0 Å². The molecule has 1 heterocycles. The fraction of sp³-hybridized carbons (Fsp3) is 0.500. The van der Waals surface area contributed by atoms with E-state index in [1.807, 2.05) is 0 Å². The van der Waals surface area contributed by atoms with E-state index in [2.05, 4.69) is 4.74 Å². The standard InChI is InChI=1S/C8H11N3O6/c1-17-4-5(12)2-10-3-6(11(15)16)7(13)9-8(10)14/h3,5,12H,2,4H2,1H3,(H,9,13,14). The zero-order valence-electron chi connectivity index (χ0n) is 8.95. The number of H-pyrrole nitrogens is 1. The number of ether oxygens (including phenoxy) is 1. The molecule has 0 aliphatic carbocycles. The predicted octanol–water partition coefficient (Wildman–Crippen LogP) is -1.55. The van der Waals surface area contributed by atoms with Crippen LogP contribution in [0.1, 0.15) is 0 Å². The van der Waals surface area contributed by atoms with Crippen LogP contribution in [0.4, 0.5) is 5.69 Å². The first kappa shape index (κ1) is 13.1. The maximum absolute atomic E-state index is 11.3. The molecule has 1 aromatic heterocycles. The molecule has 9 heteroatoms. The molecule has 17 heavy (non-hydrogen) atoms. The number of aliphatic hydroxyl groups excluding tert-OH is 1. The third kappa shape index (κ3) is 3.23. The van der Waals surface area contributed by atoms with Gasteiger partial charge in [-0.1, -0.05) is 0 Å². The molecule has 0 bridgehead atoms. The Morgan fingerprint density at radius 1 is 1.65 bits per heavy atom. The van der Waals surface area contributed by atoms with Crippen molar-refractivity contribution < 1.29 is 14.8 Å². The first-order valence-corrected chi connectivity index (χ1v) is 4.61. The van der Waals surface area contributed by atoms with Gasteiger partial charge in [-0.3, -0.25) is 24.5 Å². The third-order valence-electron chi connectivity index (χ3n) is 1.96. The van der Waals surface area contributed by atoms with Crippen LogP contribution in [0.3, 0.4) is 0 Å². The highest BCUT2D eigenvalue weighted by Gasteiger charge is 2.16. The van der Waals surface area contributed by atoms with Crippen molar-refractivity contribution >= 4 is 5.69 Å². The van der Waals surface area contributed by atoms with Gasteiger partial charge in [-0.05, 0) is 0 Å². The number of hydrogen-bond donors (Lipinski definition) is 2. The lowest BCUT2D eigenvalue weighted by Crippen LogP contribution is -2.34. The Kier molecular flexibility index (Phi) is 4.12. The Labute approximate surface area is 94.4 Å². The molecule has 2 N–H and O–H groups in total. The van der Waals surface area contributed by atoms with Gasteiger partial charge in [0.2, 0.25) is 0 Å². The number of aromatic nitrogens is 2. The molecule has 0 amide bonds. The normalized spacial score (nSPS) is 12.4. The number of aromatic amines is 1. The number of methoxy groups -OCH3 is 1. The fourth-order valence-electron chi connectivity index (χ4n) is 1.24. The molecule has 1 rings (SSSR count). The SMILES string of the molecule is COCC(O)Cn1cc([N+](=O)[O-])c(=O)[nH]c1=O. The molecule has 1 atom stereocenters. The number of nitro groups is 1. The third-order valence-corrected chi connectivity index (χ3v) is 1.96. The molecule has 9 nitrogen and oxygen atoms in total. The number of rotatable bonds is 5. The first-order chi connectivity index (χ1) is 7.95. The Hall–Kier alpha value is -2.00. The van der Waals surface area contributed by atoms with Gasteiger partial charge in [0.1, 0.15) is 0 Å². The molecule has 0 aromatic carbocycles. The van der Waals surface area contributed by atoms with Crippen LogP contribution in [0.15, 0.2) is 15.8 Å². The van der Waals surface area contributed by atoms with Crippen molar-refractivity contribution in [3.8, 4) is 0 Å². The van der Waals surface area contributed by atoms with Gasteiger partial charge in [-0.15, -0.1) is 0 Å². The van der Waals surface area contributed by atoms with Gasteiger partial charge in [0, 0.05) is 7.11 Å². The summed E-state index contributed by atoms with van der Waals surface area (Å²) in [7, 11) is 1.36. The minimum absolute atomic E-state index is 0.0284. The first-order valence-electron chi connectivity index (χ1n) is 4.61. The van der Waals surface area contributed by atoms with Crippen molar-refractivity contribution in [1.82, 2.24) is 9.55 Å². The summed E-state index contributed by atoms with van der Waals surface area (Å²) in [6.07, 6.45) is -0.205. The summed E-state index contributed by atoms with van der Waals surface area (Å²) in [5.41, 5.74) is -2.65. The van der Waals surface area contributed by atoms with E-state index in [-0.39, 0.29) is 13.2 Å². The van der Waals surface area contributed by atoms with Crippen LogP contribution in [0.5, 0.6) is 0 Å². The summed E-state index contributed by atoms with van der Waals surface area (Å²) in [4.78, 5) is 33.7. The van der Waals surface area contributed by atoms with Crippen molar-refractivity contribution in [2.24, 2.45) is 0 Å². The van der Waals surface area contributed by atoms with Crippen molar-refractivity contribution in [3.63, 3.8) is 0 Å². The van der Waals surface area contributed by atoms with Crippen LogP contribution in [-0.2, 0) is 11.3 Å². The second-order valence-electron chi connectivity index (χ2n) is 3.29. The number of nitrogens with zero attached hydrogens (tertiary/aromatic N) is 2. The molecule has 0 radical (unpaired) electrons. The summed E-state index contributed by atoms with van der Waals surface area (Å²) in [6, 6.07) is 0. The monoisotopic (exact) mass is 245 g/mol. The predicted molar refractivity (Wildman–Crippen MR) is 55.9 cm³/mol. The second-order valence-corrected chi connectivity index (χ2v) is 3.29. The maximum atomic E-state index is 11.3. The zero-order chi connectivity index (χ0) is 13.0. The molecule has 0 fully saturated rings. The summed E-state index contributed by atoms with van der Waals surface area (Å²) >= 11 is 0. The van der Waals surface area contributed by atoms with Gasteiger partial charge in [0.05, 0.1) is 30.4 Å². The van der Waals surface area contributed by atoms with Crippen molar-refractivity contribution in [3.05, 3.63) is 37.1 Å². The van der Waals surface area contributed by atoms with E-state index < -0.39 is 28.0 Å².